The molecule has 2 rings (SSSR count). The van der Waals surface area contributed by atoms with Gasteiger partial charge in [-0.1, -0.05) is 17.7 Å². The van der Waals surface area contributed by atoms with Crippen molar-refractivity contribution >= 4 is 44.7 Å². The van der Waals surface area contributed by atoms with Gasteiger partial charge < -0.3 is 10.6 Å². The summed E-state index contributed by atoms with van der Waals surface area (Å²) in [5, 5.41) is 10.8. The van der Waals surface area contributed by atoms with E-state index in [9.17, 15) is 13.2 Å². The molecule has 6 nitrogen and oxygen atoms in total. The van der Waals surface area contributed by atoms with Crippen molar-refractivity contribution in [2.24, 2.45) is 5.14 Å². The quantitative estimate of drug-likeness (QED) is 0.792. The Hall–Kier alpha value is -1.61. The van der Waals surface area contributed by atoms with E-state index in [-0.39, 0.29) is 10.8 Å². The molecule has 0 aliphatic heterocycles. The molecule has 2 amide bonds. The lowest BCUT2D eigenvalue weighted by molar-refractivity contribution is 0.252. The Balaban J connectivity index is 1.91. The Morgan fingerprint density at radius 2 is 2.05 bits per heavy atom. The van der Waals surface area contributed by atoms with E-state index < -0.39 is 16.1 Å². The molecule has 0 atom stereocenters. The van der Waals surface area contributed by atoms with Gasteiger partial charge >= 0.3 is 6.03 Å². The first-order valence-corrected chi connectivity index (χ1v) is 8.50. The zero-order chi connectivity index (χ0) is 15.5. The summed E-state index contributed by atoms with van der Waals surface area (Å²) in [6.45, 7) is 0.201. The van der Waals surface area contributed by atoms with Gasteiger partial charge in [-0.25, -0.2) is 18.4 Å². The van der Waals surface area contributed by atoms with Gasteiger partial charge in [-0.05, 0) is 30.3 Å². The molecule has 1 aromatic carbocycles. The Kier molecular flexibility index (Phi) is 4.84. The Morgan fingerprint density at radius 1 is 1.29 bits per heavy atom. The molecule has 1 aromatic heterocycles. The monoisotopic (exact) mass is 345 g/mol. The number of nitrogens with one attached hydrogen (secondary N) is 2. The molecule has 0 unspecified atom stereocenters. The van der Waals surface area contributed by atoms with Gasteiger partial charge in [-0.15, -0.1) is 11.3 Å². The molecule has 21 heavy (non-hydrogen) atoms. The summed E-state index contributed by atoms with van der Waals surface area (Å²) in [5.74, 6) is 0. The van der Waals surface area contributed by atoms with E-state index in [4.69, 9.17) is 16.7 Å². The minimum absolute atomic E-state index is 0.0644. The molecule has 9 heteroatoms. The minimum atomic E-state index is -3.70. The van der Waals surface area contributed by atoms with Crippen LogP contribution in [0.1, 0.15) is 4.88 Å². The number of nitrogens with two attached hydrogens (primary N) is 1. The fraction of sp³-hybridized carbons (Fsp3) is 0.0833. The fourth-order valence-electron chi connectivity index (χ4n) is 1.52. The number of urea groups is 1. The number of benzene rings is 1. The smallest absolute Gasteiger partial charge is 0.319 e. The summed E-state index contributed by atoms with van der Waals surface area (Å²) < 4.78 is 22.3. The van der Waals surface area contributed by atoms with Gasteiger partial charge in [-0.2, -0.15) is 0 Å². The second kappa shape index (κ2) is 6.44. The summed E-state index contributed by atoms with van der Waals surface area (Å²) in [6.07, 6.45) is 0. The highest BCUT2D eigenvalue weighted by molar-refractivity contribution is 7.91. The Morgan fingerprint density at radius 3 is 2.67 bits per heavy atom. The highest BCUT2D eigenvalue weighted by Crippen LogP contribution is 2.20. The second-order valence-corrected chi connectivity index (χ2v) is 7.48. The minimum Gasteiger partial charge on any atom is -0.333 e. The molecule has 0 fully saturated rings. The van der Waals surface area contributed by atoms with E-state index in [2.05, 4.69) is 10.6 Å². The van der Waals surface area contributed by atoms with Crippen LogP contribution in [0.15, 0.2) is 40.6 Å². The van der Waals surface area contributed by atoms with E-state index >= 15 is 0 Å². The summed E-state index contributed by atoms with van der Waals surface area (Å²) in [7, 11) is -3.70. The number of halogens is 1. The van der Waals surface area contributed by atoms with Gasteiger partial charge in [0.15, 0.2) is 0 Å². The molecule has 1 heterocycles. The highest BCUT2D eigenvalue weighted by Gasteiger charge is 2.11. The van der Waals surface area contributed by atoms with Gasteiger partial charge in [0, 0.05) is 15.6 Å². The van der Waals surface area contributed by atoms with Crippen molar-refractivity contribution in [1.82, 2.24) is 5.32 Å². The number of hydrogen-bond acceptors (Lipinski definition) is 4. The van der Waals surface area contributed by atoms with E-state index in [1.165, 1.54) is 6.07 Å². The van der Waals surface area contributed by atoms with Crippen LogP contribution in [0.2, 0.25) is 5.02 Å². The van der Waals surface area contributed by atoms with Crippen LogP contribution in [0.4, 0.5) is 10.5 Å². The van der Waals surface area contributed by atoms with E-state index in [0.29, 0.717) is 15.6 Å². The van der Waals surface area contributed by atoms with Crippen molar-refractivity contribution in [2.75, 3.05) is 5.32 Å². The first-order chi connectivity index (χ1) is 9.84. The second-order valence-electron chi connectivity index (χ2n) is 4.08. The van der Waals surface area contributed by atoms with Crippen LogP contribution in [-0.2, 0) is 16.6 Å². The first-order valence-electron chi connectivity index (χ1n) is 5.76. The average Bonchev–Trinajstić information content (AvgIpc) is 2.85. The first kappa shape index (κ1) is 15.8. The van der Waals surface area contributed by atoms with Crippen LogP contribution in [0, 0.1) is 0 Å². The normalized spacial score (nSPS) is 11.1. The maximum Gasteiger partial charge on any atom is 0.319 e. The molecule has 0 aliphatic carbocycles. The van der Waals surface area contributed by atoms with Crippen LogP contribution in [0.5, 0.6) is 0 Å². The molecular formula is C12H12ClN3O3S2. The van der Waals surface area contributed by atoms with E-state index in [0.717, 1.165) is 11.3 Å². The van der Waals surface area contributed by atoms with Crippen LogP contribution in [0.25, 0.3) is 0 Å². The van der Waals surface area contributed by atoms with Crippen molar-refractivity contribution in [1.29, 1.82) is 0 Å². The SMILES string of the molecule is NS(=O)(=O)c1ccc(CNC(=O)Nc2cccc(Cl)c2)s1. The van der Waals surface area contributed by atoms with Crippen molar-refractivity contribution < 1.29 is 13.2 Å². The number of carbonyl (C=O) groups is 1. The third kappa shape index (κ3) is 4.71. The summed E-state index contributed by atoms with van der Waals surface area (Å²) >= 11 is 6.82. The molecule has 0 radical (unpaired) electrons. The number of primary sulfonamides is 1. The number of rotatable bonds is 4. The lowest BCUT2D eigenvalue weighted by Crippen LogP contribution is -2.27. The third-order valence-electron chi connectivity index (χ3n) is 2.42. The predicted octanol–water partition coefficient (Wildman–Crippen LogP) is 2.37. The maximum absolute atomic E-state index is 11.7. The highest BCUT2D eigenvalue weighted by atomic mass is 35.5. The zero-order valence-electron chi connectivity index (χ0n) is 10.7. The van der Waals surface area contributed by atoms with Crippen LogP contribution in [-0.4, -0.2) is 14.4 Å². The number of amides is 2. The molecule has 112 valence electrons. The number of carbonyl (C=O) groups excluding carboxylic acids is 1. The molecule has 0 saturated carbocycles. The lowest BCUT2D eigenvalue weighted by atomic mass is 10.3. The largest absolute Gasteiger partial charge is 0.333 e. The molecule has 0 saturated heterocycles. The third-order valence-corrected chi connectivity index (χ3v) is 5.18. The van der Waals surface area contributed by atoms with Gasteiger partial charge in [0.25, 0.3) is 0 Å². The Labute approximate surface area is 131 Å². The number of thiophene rings is 1. The molecule has 0 bridgehead atoms. The van der Waals surface area contributed by atoms with Crippen molar-refractivity contribution in [2.45, 2.75) is 10.8 Å². The van der Waals surface area contributed by atoms with E-state index in [1.807, 2.05) is 0 Å². The van der Waals surface area contributed by atoms with Gasteiger partial charge in [0.1, 0.15) is 4.21 Å². The van der Waals surface area contributed by atoms with E-state index in [1.54, 1.807) is 30.3 Å². The van der Waals surface area contributed by atoms with Crippen molar-refractivity contribution in [3.63, 3.8) is 0 Å². The zero-order valence-corrected chi connectivity index (χ0v) is 13.1. The Bertz CT molecular complexity index is 759. The summed E-state index contributed by atoms with van der Waals surface area (Å²) in [4.78, 5) is 12.4. The van der Waals surface area contributed by atoms with Crippen molar-refractivity contribution in [3.8, 4) is 0 Å². The molecule has 4 N–H and O–H groups in total. The molecule has 2 aromatic rings. The lowest BCUT2D eigenvalue weighted by Gasteiger charge is -2.06. The van der Waals surface area contributed by atoms with Crippen LogP contribution >= 0.6 is 22.9 Å². The van der Waals surface area contributed by atoms with Gasteiger partial charge in [0.2, 0.25) is 10.0 Å². The standard InChI is InChI=1S/C12H12ClN3O3S2/c13-8-2-1-3-9(6-8)16-12(17)15-7-10-4-5-11(20-10)21(14,18)19/h1-6H,7H2,(H2,14,18,19)(H2,15,16,17). The molecule has 0 spiro atoms. The van der Waals surface area contributed by atoms with Gasteiger partial charge in [0.05, 0.1) is 6.54 Å². The number of anilines is 1. The average molecular weight is 346 g/mol. The number of hydrogen-bond donors (Lipinski definition) is 3. The van der Waals surface area contributed by atoms with Crippen molar-refractivity contribution in [3.05, 3.63) is 46.3 Å². The topological polar surface area (TPSA) is 101 Å². The molecule has 0 aliphatic rings. The van der Waals surface area contributed by atoms with Gasteiger partial charge in [-0.3, -0.25) is 0 Å². The van der Waals surface area contributed by atoms with Crippen LogP contribution in [0.3, 0.4) is 0 Å². The fourth-order valence-corrected chi connectivity index (χ4v) is 3.42. The summed E-state index contributed by atoms with van der Waals surface area (Å²) in [6, 6.07) is 9.33. The molecular weight excluding hydrogens is 334 g/mol. The number of sulfonamides is 1. The predicted molar refractivity (Wildman–Crippen MR) is 83.0 cm³/mol. The van der Waals surface area contributed by atoms with Crippen LogP contribution < -0.4 is 15.8 Å². The summed E-state index contributed by atoms with van der Waals surface area (Å²) in [5.41, 5.74) is 0.566. The maximum atomic E-state index is 11.7.